The number of ether oxygens (including phenoxy) is 3. The molecule has 1 aromatic rings. The highest BCUT2D eigenvalue weighted by Gasteiger charge is 2.16. The quantitative estimate of drug-likeness (QED) is 0.627. The van der Waals surface area contributed by atoms with Crippen LogP contribution in [0, 0.1) is 5.41 Å². The van der Waals surface area contributed by atoms with Gasteiger partial charge >= 0.3 is 0 Å². The Kier molecular flexibility index (Phi) is 4.04. The smallest absolute Gasteiger partial charge is 0.124 e. The summed E-state index contributed by atoms with van der Waals surface area (Å²) in [4.78, 5) is 0. The average Bonchev–Trinajstić information content (AvgIpc) is 2.39. The molecule has 1 fully saturated rings. The average molecular weight is 250 g/mol. The third-order valence-corrected chi connectivity index (χ3v) is 2.85. The minimum atomic E-state index is -0.00126. The number of hydrogen-bond acceptors (Lipinski definition) is 4. The van der Waals surface area contributed by atoms with Crippen molar-refractivity contribution in [3.8, 4) is 11.5 Å². The van der Waals surface area contributed by atoms with Crippen molar-refractivity contribution in [1.82, 2.24) is 0 Å². The van der Waals surface area contributed by atoms with Crippen LogP contribution in [0.1, 0.15) is 18.4 Å². The van der Waals surface area contributed by atoms with Crippen LogP contribution in [-0.2, 0) is 4.74 Å². The summed E-state index contributed by atoms with van der Waals surface area (Å²) >= 11 is 0. The minimum Gasteiger partial charge on any atom is -0.497 e. The monoisotopic (exact) mass is 250 g/mol. The topological polar surface area (TPSA) is 77.6 Å². The second-order valence-corrected chi connectivity index (χ2v) is 4.27. The highest BCUT2D eigenvalue weighted by molar-refractivity contribution is 5.95. The molecule has 0 aliphatic carbocycles. The van der Waals surface area contributed by atoms with Crippen molar-refractivity contribution in [3.05, 3.63) is 23.8 Å². The molecule has 3 N–H and O–H groups in total. The first kappa shape index (κ1) is 12.7. The molecule has 1 aliphatic heterocycles. The Morgan fingerprint density at radius 2 is 2.17 bits per heavy atom. The van der Waals surface area contributed by atoms with Crippen LogP contribution in [0.4, 0.5) is 0 Å². The van der Waals surface area contributed by atoms with Crippen LogP contribution < -0.4 is 15.2 Å². The molecule has 0 spiro atoms. The first-order chi connectivity index (χ1) is 8.69. The van der Waals surface area contributed by atoms with Gasteiger partial charge in [0.05, 0.1) is 13.7 Å². The van der Waals surface area contributed by atoms with E-state index in [1.54, 1.807) is 25.3 Å². The number of methoxy groups -OCH3 is 1. The lowest BCUT2D eigenvalue weighted by molar-refractivity contribution is 0.00735. The zero-order valence-corrected chi connectivity index (χ0v) is 10.4. The highest BCUT2D eigenvalue weighted by atomic mass is 16.5. The van der Waals surface area contributed by atoms with Gasteiger partial charge in [0.25, 0.3) is 0 Å². The van der Waals surface area contributed by atoms with Crippen molar-refractivity contribution in [2.24, 2.45) is 5.73 Å². The molecule has 0 radical (unpaired) electrons. The van der Waals surface area contributed by atoms with Crippen molar-refractivity contribution >= 4 is 5.84 Å². The van der Waals surface area contributed by atoms with Crippen LogP contribution in [0.3, 0.4) is 0 Å². The van der Waals surface area contributed by atoms with Gasteiger partial charge in [-0.05, 0) is 25.0 Å². The summed E-state index contributed by atoms with van der Waals surface area (Å²) in [6.07, 6.45) is 2.05. The summed E-state index contributed by atoms with van der Waals surface area (Å²) in [7, 11) is 1.58. The molecule has 0 bridgehead atoms. The van der Waals surface area contributed by atoms with Gasteiger partial charge in [-0.2, -0.15) is 0 Å². The summed E-state index contributed by atoms with van der Waals surface area (Å²) in [5.41, 5.74) is 6.09. The van der Waals surface area contributed by atoms with Gasteiger partial charge in [0.2, 0.25) is 0 Å². The molecule has 1 unspecified atom stereocenters. The maximum Gasteiger partial charge on any atom is 0.124 e. The SMILES string of the molecule is COc1cc(OC2CCCOC2)cc(C(=N)N)c1. The molecular weight excluding hydrogens is 232 g/mol. The van der Waals surface area contributed by atoms with Gasteiger partial charge in [-0.25, -0.2) is 0 Å². The van der Waals surface area contributed by atoms with E-state index in [4.69, 9.17) is 25.4 Å². The van der Waals surface area contributed by atoms with E-state index >= 15 is 0 Å². The summed E-state index contributed by atoms with van der Waals surface area (Å²) in [6, 6.07) is 5.26. The number of nitrogen functional groups attached to an aromatic ring is 1. The summed E-state index contributed by atoms with van der Waals surface area (Å²) in [5.74, 6) is 1.29. The predicted molar refractivity (Wildman–Crippen MR) is 68.5 cm³/mol. The van der Waals surface area contributed by atoms with E-state index in [2.05, 4.69) is 0 Å². The molecular formula is C13H18N2O3. The third-order valence-electron chi connectivity index (χ3n) is 2.85. The van der Waals surface area contributed by atoms with Crippen LogP contribution in [0.5, 0.6) is 11.5 Å². The minimum absolute atomic E-state index is 0.00126. The van der Waals surface area contributed by atoms with E-state index in [1.807, 2.05) is 0 Å². The second kappa shape index (κ2) is 5.73. The molecule has 1 aromatic carbocycles. The lowest BCUT2D eigenvalue weighted by Gasteiger charge is -2.23. The molecule has 5 heteroatoms. The molecule has 0 amide bonds. The van der Waals surface area contributed by atoms with Gasteiger partial charge in [-0.15, -0.1) is 0 Å². The van der Waals surface area contributed by atoms with Crippen LogP contribution in [0.15, 0.2) is 18.2 Å². The zero-order valence-electron chi connectivity index (χ0n) is 10.4. The van der Waals surface area contributed by atoms with Gasteiger partial charge in [0, 0.05) is 18.2 Å². The number of rotatable bonds is 4. The standard InChI is InChI=1S/C13H18N2O3/c1-16-11-5-9(13(14)15)6-12(7-11)18-10-3-2-4-17-8-10/h5-7,10H,2-4,8H2,1H3,(H3,14,15). The van der Waals surface area contributed by atoms with E-state index in [9.17, 15) is 0 Å². The van der Waals surface area contributed by atoms with Crippen LogP contribution in [-0.4, -0.2) is 32.3 Å². The van der Waals surface area contributed by atoms with Crippen molar-refractivity contribution in [2.75, 3.05) is 20.3 Å². The lowest BCUT2D eigenvalue weighted by atomic mass is 10.1. The second-order valence-electron chi connectivity index (χ2n) is 4.27. The molecule has 1 saturated heterocycles. The lowest BCUT2D eigenvalue weighted by Crippen LogP contribution is -2.28. The van der Waals surface area contributed by atoms with Crippen molar-refractivity contribution < 1.29 is 14.2 Å². The zero-order chi connectivity index (χ0) is 13.0. The summed E-state index contributed by atoms with van der Waals surface area (Å²) in [6.45, 7) is 1.41. The van der Waals surface area contributed by atoms with E-state index in [0.717, 1.165) is 19.4 Å². The van der Waals surface area contributed by atoms with E-state index in [-0.39, 0.29) is 11.9 Å². The molecule has 18 heavy (non-hydrogen) atoms. The number of nitrogens with one attached hydrogen (secondary N) is 1. The van der Waals surface area contributed by atoms with Gasteiger partial charge < -0.3 is 19.9 Å². The summed E-state index contributed by atoms with van der Waals surface area (Å²) in [5, 5.41) is 7.47. The Balaban J connectivity index is 2.15. The van der Waals surface area contributed by atoms with Crippen molar-refractivity contribution in [3.63, 3.8) is 0 Å². The fourth-order valence-corrected chi connectivity index (χ4v) is 1.91. The molecule has 0 saturated carbocycles. The Hall–Kier alpha value is -1.75. The first-order valence-corrected chi connectivity index (χ1v) is 5.97. The molecule has 5 nitrogen and oxygen atoms in total. The Bertz CT molecular complexity index is 428. The number of nitrogens with two attached hydrogens (primary N) is 1. The summed E-state index contributed by atoms with van der Waals surface area (Å²) < 4.78 is 16.4. The molecule has 98 valence electrons. The third kappa shape index (κ3) is 3.13. The maximum atomic E-state index is 7.47. The molecule has 2 rings (SSSR count). The van der Waals surface area contributed by atoms with Gasteiger partial charge in [0.1, 0.15) is 23.4 Å². The van der Waals surface area contributed by atoms with Crippen LogP contribution >= 0.6 is 0 Å². The Morgan fingerprint density at radius 1 is 1.39 bits per heavy atom. The normalized spacial score (nSPS) is 19.3. The van der Waals surface area contributed by atoms with E-state index in [1.165, 1.54) is 0 Å². The van der Waals surface area contributed by atoms with Crippen LogP contribution in [0.25, 0.3) is 0 Å². The van der Waals surface area contributed by atoms with E-state index < -0.39 is 0 Å². The fraction of sp³-hybridized carbons (Fsp3) is 0.462. The van der Waals surface area contributed by atoms with Gasteiger partial charge in [-0.3, -0.25) is 5.41 Å². The number of benzene rings is 1. The number of hydrogen-bond donors (Lipinski definition) is 2. The Morgan fingerprint density at radius 3 is 2.78 bits per heavy atom. The maximum absolute atomic E-state index is 7.47. The molecule has 1 atom stereocenters. The van der Waals surface area contributed by atoms with Crippen molar-refractivity contribution in [1.29, 1.82) is 5.41 Å². The molecule has 0 aromatic heterocycles. The van der Waals surface area contributed by atoms with Crippen molar-refractivity contribution in [2.45, 2.75) is 18.9 Å². The highest BCUT2D eigenvalue weighted by Crippen LogP contribution is 2.25. The first-order valence-electron chi connectivity index (χ1n) is 5.97. The predicted octanol–water partition coefficient (Wildman–Crippen LogP) is 1.54. The molecule has 1 heterocycles. The molecule has 1 aliphatic rings. The largest absolute Gasteiger partial charge is 0.497 e. The number of amidine groups is 1. The van der Waals surface area contributed by atoms with Gasteiger partial charge in [-0.1, -0.05) is 0 Å². The van der Waals surface area contributed by atoms with Crippen LogP contribution in [0.2, 0.25) is 0 Å². The Labute approximate surface area is 106 Å². The van der Waals surface area contributed by atoms with E-state index in [0.29, 0.717) is 23.7 Å². The fourth-order valence-electron chi connectivity index (χ4n) is 1.91. The van der Waals surface area contributed by atoms with Gasteiger partial charge in [0.15, 0.2) is 0 Å².